The van der Waals surface area contributed by atoms with Gasteiger partial charge in [-0.15, -0.1) is 0 Å². The average molecular weight is 219 g/mol. The topological polar surface area (TPSA) is 67.2 Å². The van der Waals surface area contributed by atoms with Crippen molar-refractivity contribution < 1.29 is 9.47 Å². The first-order chi connectivity index (χ1) is 7.90. The molecule has 1 fully saturated rings. The number of rotatable bonds is 5. The zero-order chi connectivity index (χ0) is 11.2. The molecular weight excluding hydrogens is 206 g/mol. The van der Waals surface area contributed by atoms with Gasteiger partial charge in [-0.2, -0.15) is 0 Å². The van der Waals surface area contributed by atoms with Crippen molar-refractivity contribution in [1.29, 1.82) is 0 Å². The van der Waals surface area contributed by atoms with Gasteiger partial charge in [0.2, 0.25) is 0 Å². The van der Waals surface area contributed by atoms with E-state index in [1.807, 2.05) is 30.3 Å². The van der Waals surface area contributed by atoms with Crippen molar-refractivity contribution >= 4 is 0 Å². The minimum atomic E-state index is -0.0837. The summed E-state index contributed by atoms with van der Waals surface area (Å²) in [5.41, 5.74) is 9.41. The molecule has 0 N–H and O–H groups in total. The molecule has 1 aromatic rings. The molecule has 0 amide bonds. The molecule has 1 heterocycles. The van der Waals surface area contributed by atoms with Crippen molar-refractivity contribution in [2.45, 2.75) is 18.8 Å². The van der Waals surface area contributed by atoms with E-state index in [0.717, 1.165) is 5.56 Å². The van der Waals surface area contributed by atoms with Gasteiger partial charge in [-0.05, 0) is 11.1 Å². The lowest BCUT2D eigenvalue weighted by Crippen LogP contribution is -2.46. The van der Waals surface area contributed by atoms with Gasteiger partial charge in [0.1, 0.15) is 0 Å². The molecule has 2 rings (SSSR count). The molecule has 0 saturated carbocycles. The Hall–Kier alpha value is -1.55. The van der Waals surface area contributed by atoms with Crippen LogP contribution in [0.1, 0.15) is 5.56 Å². The van der Waals surface area contributed by atoms with Crippen molar-refractivity contribution in [3.8, 4) is 0 Å². The van der Waals surface area contributed by atoms with E-state index >= 15 is 0 Å². The lowest BCUT2D eigenvalue weighted by molar-refractivity contribution is -0.113. The average Bonchev–Trinajstić information content (AvgIpc) is 2.31. The molecule has 2 atom stereocenters. The van der Waals surface area contributed by atoms with Crippen LogP contribution in [0.2, 0.25) is 0 Å². The lowest BCUT2D eigenvalue weighted by Gasteiger charge is -2.33. The Morgan fingerprint density at radius 2 is 2.25 bits per heavy atom. The van der Waals surface area contributed by atoms with Gasteiger partial charge in [-0.1, -0.05) is 35.4 Å². The summed E-state index contributed by atoms with van der Waals surface area (Å²) < 4.78 is 10.7. The summed E-state index contributed by atoms with van der Waals surface area (Å²) in [4.78, 5) is 2.76. The zero-order valence-electron chi connectivity index (χ0n) is 8.82. The Morgan fingerprint density at radius 3 is 2.88 bits per heavy atom. The third-order valence-electron chi connectivity index (χ3n) is 2.50. The predicted octanol–water partition coefficient (Wildman–Crippen LogP) is 2.28. The highest BCUT2D eigenvalue weighted by Gasteiger charge is 2.31. The summed E-state index contributed by atoms with van der Waals surface area (Å²) >= 11 is 0. The van der Waals surface area contributed by atoms with E-state index in [0.29, 0.717) is 19.8 Å². The highest BCUT2D eigenvalue weighted by atomic mass is 16.5. The first-order valence-electron chi connectivity index (χ1n) is 5.17. The predicted molar refractivity (Wildman–Crippen MR) is 58.8 cm³/mol. The summed E-state index contributed by atoms with van der Waals surface area (Å²) in [5.74, 6) is 0. The van der Waals surface area contributed by atoms with Crippen LogP contribution in [-0.2, 0) is 16.1 Å². The molecule has 0 spiro atoms. The number of nitrogens with zero attached hydrogens (tertiary/aromatic N) is 3. The van der Waals surface area contributed by atoms with E-state index < -0.39 is 0 Å². The Labute approximate surface area is 93.6 Å². The van der Waals surface area contributed by atoms with Crippen molar-refractivity contribution in [3.05, 3.63) is 46.3 Å². The molecule has 5 heteroatoms. The normalized spacial score (nSPS) is 23.2. The van der Waals surface area contributed by atoms with E-state index in [1.54, 1.807) is 0 Å². The SMILES string of the molecule is [N-]=[N+]=N[C@H]1CO[C@H]1COCc1ccccc1. The molecule has 0 aromatic heterocycles. The fourth-order valence-electron chi connectivity index (χ4n) is 1.52. The Bertz CT molecular complexity index is 376. The molecule has 1 aliphatic heterocycles. The summed E-state index contributed by atoms with van der Waals surface area (Å²) in [5, 5.41) is 3.61. The fraction of sp³-hybridized carbons (Fsp3) is 0.455. The molecule has 84 valence electrons. The van der Waals surface area contributed by atoms with Crippen LogP contribution in [-0.4, -0.2) is 25.4 Å². The highest BCUT2D eigenvalue weighted by molar-refractivity contribution is 5.13. The molecule has 16 heavy (non-hydrogen) atoms. The third-order valence-corrected chi connectivity index (χ3v) is 2.50. The molecular formula is C11H13N3O2. The van der Waals surface area contributed by atoms with Gasteiger partial charge in [-0.3, -0.25) is 0 Å². The van der Waals surface area contributed by atoms with Crippen LogP contribution in [0, 0.1) is 0 Å². The number of hydrogen-bond acceptors (Lipinski definition) is 3. The minimum Gasteiger partial charge on any atom is -0.375 e. The van der Waals surface area contributed by atoms with Crippen LogP contribution in [0.3, 0.4) is 0 Å². The molecule has 1 aliphatic rings. The van der Waals surface area contributed by atoms with E-state index in [4.69, 9.17) is 15.0 Å². The molecule has 0 bridgehead atoms. The highest BCUT2D eigenvalue weighted by Crippen LogP contribution is 2.17. The summed E-state index contributed by atoms with van der Waals surface area (Å²) in [6.07, 6.45) is -0.0837. The number of azide groups is 1. The standard InChI is InChI=1S/C11H13N3O2/c12-14-13-10-7-16-11(10)8-15-6-9-4-2-1-3-5-9/h1-5,10-11H,6-8H2/t10-,11-/m0/s1. The lowest BCUT2D eigenvalue weighted by atomic mass is 10.1. The second-order valence-corrected chi connectivity index (χ2v) is 3.64. The van der Waals surface area contributed by atoms with Gasteiger partial charge >= 0.3 is 0 Å². The Kier molecular flexibility index (Phi) is 3.77. The molecule has 0 aliphatic carbocycles. The van der Waals surface area contributed by atoms with Gasteiger partial charge in [0, 0.05) is 4.91 Å². The van der Waals surface area contributed by atoms with E-state index in [2.05, 4.69) is 10.0 Å². The first-order valence-corrected chi connectivity index (χ1v) is 5.17. The minimum absolute atomic E-state index is 0.0687. The number of hydrogen-bond donors (Lipinski definition) is 0. The maximum absolute atomic E-state index is 8.28. The quantitative estimate of drug-likeness (QED) is 0.433. The molecule has 0 unspecified atom stereocenters. The second kappa shape index (κ2) is 5.51. The van der Waals surface area contributed by atoms with Crippen molar-refractivity contribution in [2.24, 2.45) is 5.11 Å². The largest absolute Gasteiger partial charge is 0.375 e. The monoisotopic (exact) mass is 219 g/mol. The maximum Gasteiger partial charge on any atom is 0.0915 e. The van der Waals surface area contributed by atoms with Crippen molar-refractivity contribution in [1.82, 2.24) is 0 Å². The third kappa shape index (κ3) is 2.73. The summed E-state index contributed by atoms with van der Waals surface area (Å²) in [7, 11) is 0. The van der Waals surface area contributed by atoms with Crippen LogP contribution in [0.4, 0.5) is 0 Å². The Balaban J connectivity index is 1.71. The smallest absolute Gasteiger partial charge is 0.0915 e. The van der Waals surface area contributed by atoms with E-state index in [9.17, 15) is 0 Å². The number of benzene rings is 1. The van der Waals surface area contributed by atoms with Crippen LogP contribution in [0.25, 0.3) is 10.4 Å². The van der Waals surface area contributed by atoms with Gasteiger partial charge in [0.15, 0.2) is 0 Å². The van der Waals surface area contributed by atoms with Gasteiger partial charge in [0.05, 0.1) is 32.0 Å². The second-order valence-electron chi connectivity index (χ2n) is 3.64. The van der Waals surface area contributed by atoms with Crippen LogP contribution >= 0.6 is 0 Å². The first kappa shape index (κ1) is 11.0. The fourth-order valence-corrected chi connectivity index (χ4v) is 1.52. The van der Waals surface area contributed by atoms with Crippen LogP contribution in [0.15, 0.2) is 35.4 Å². The molecule has 1 saturated heterocycles. The zero-order valence-corrected chi connectivity index (χ0v) is 8.82. The van der Waals surface area contributed by atoms with Crippen LogP contribution in [0.5, 0.6) is 0 Å². The van der Waals surface area contributed by atoms with Gasteiger partial charge < -0.3 is 9.47 Å². The maximum atomic E-state index is 8.28. The van der Waals surface area contributed by atoms with E-state index in [-0.39, 0.29) is 12.1 Å². The van der Waals surface area contributed by atoms with Crippen LogP contribution < -0.4 is 0 Å². The molecule has 1 aromatic carbocycles. The Morgan fingerprint density at radius 1 is 1.44 bits per heavy atom. The van der Waals surface area contributed by atoms with Crippen molar-refractivity contribution in [3.63, 3.8) is 0 Å². The summed E-state index contributed by atoms with van der Waals surface area (Å²) in [6.45, 7) is 1.53. The van der Waals surface area contributed by atoms with Gasteiger partial charge in [0.25, 0.3) is 0 Å². The summed E-state index contributed by atoms with van der Waals surface area (Å²) in [6, 6.07) is 9.86. The number of ether oxygens (including phenoxy) is 2. The molecule has 0 radical (unpaired) electrons. The van der Waals surface area contributed by atoms with Gasteiger partial charge in [-0.25, -0.2) is 0 Å². The van der Waals surface area contributed by atoms with Crippen molar-refractivity contribution in [2.75, 3.05) is 13.2 Å². The molecule has 5 nitrogen and oxygen atoms in total. The van der Waals surface area contributed by atoms with E-state index in [1.165, 1.54) is 0 Å².